The number of nitrogens with one attached hydrogen (secondary N) is 1. The van der Waals surface area contributed by atoms with Crippen LogP contribution in [0.5, 0.6) is 0 Å². The van der Waals surface area contributed by atoms with Crippen LogP contribution in [0.4, 0.5) is 5.13 Å². The lowest BCUT2D eigenvalue weighted by molar-refractivity contribution is -0.113. The number of aromatic nitrogens is 4. The summed E-state index contributed by atoms with van der Waals surface area (Å²) in [6.45, 7) is 1.87. The van der Waals surface area contributed by atoms with Gasteiger partial charge in [-0.2, -0.15) is 0 Å². The van der Waals surface area contributed by atoms with E-state index in [2.05, 4.69) is 25.5 Å². The first-order valence-corrected chi connectivity index (χ1v) is 8.17. The molecule has 0 aromatic carbocycles. The Labute approximate surface area is 134 Å². The molecule has 3 heterocycles. The summed E-state index contributed by atoms with van der Waals surface area (Å²) < 4.78 is 5.46. The van der Waals surface area contributed by atoms with Gasteiger partial charge in [0.05, 0.1) is 11.4 Å². The monoisotopic (exact) mass is 333 g/mol. The van der Waals surface area contributed by atoms with Crippen molar-refractivity contribution < 1.29 is 9.21 Å². The number of amides is 1. The van der Waals surface area contributed by atoms with Gasteiger partial charge in [0, 0.05) is 11.6 Å². The van der Waals surface area contributed by atoms with Gasteiger partial charge >= 0.3 is 0 Å². The zero-order valence-corrected chi connectivity index (χ0v) is 13.1. The molecule has 3 rings (SSSR count). The molecule has 22 heavy (non-hydrogen) atoms. The number of carbonyl (C=O) groups is 1. The van der Waals surface area contributed by atoms with E-state index in [1.54, 1.807) is 18.3 Å². The molecule has 3 aromatic heterocycles. The molecule has 0 spiro atoms. The summed E-state index contributed by atoms with van der Waals surface area (Å²) in [5.41, 5.74) is 1.48. The van der Waals surface area contributed by atoms with Gasteiger partial charge in [-0.1, -0.05) is 17.8 Å². The highest BCUT2D eigenvalue weighted by molar-refractivity contribution is 7.99. The number of hydrogen-bond acceptors (Lipinski definition) is 8. The molecule has 112 valence electrons. The van der Waals surface area contributed by atoms with Crippen molar-refractivity contribution in [2.24, 2.45) is 0 Å². The van der Waals surface area contributed by atoms with Gasteiger partial charge in [0.2, 0.25) is 5.91 Å². The van der Waals surface area contributed by atoms with Crippen LogP contribution in [0.2, 0.25) is 0 Å². The SMILES string of the molecule is Cc1csc(NC(=O)CSc2nnc(-c3ccccn3)o2)n1. The van der Waals surface area contributed by atoms with Crippen molar-refractivity contribution in [3.63, 3.8) is 0 Å². The van der Waals surface area contributed by atoms with Gasteiger partial charge in [-0.15, -0.1) is 21.5 Å². The third-order valence-corrected chi connectivity index (χ3v) is 4.18. The Bertz CT molecular complexity index is 772. The maximum Gasteiger partial charge on any atom is 0.277 e. The van der Waals surface area contributed by atoms with E-state index in [-0.39, 0.29) is 11.7 Å². The van der Waals surface area contributed by atoms with E-state index in [1.165, 1.54) is 23.1 Å². The molecule has 3 aromatic rings. The molecule has 0 aliphatic heterocycles. The number of carbonyl (C=O) groups excluding carboxylic acids is 1. The molecule has 7 nitrogen and oxygen atoms in total. The quantitative estimate of drug-likeness (QED) is 0.717. The van der Waals surface area contributed by atoms with Crippen LogP contribution in [-0.2, 0) is 4.79 Å². The molecular weight excluding hydrogens is 322 g/mol. The van der Waals surface area contributed by atoms with E-state index in [1.807, 2.05) is 18.4 Å². The molecule has 1 amide bonds. The fourth-order valence-electron chi connectivity index (χ4n) is 1.55. The van der Waals surface area contributed by atoms with Gasteiger partial charge in [0.25, 0.3) is 11.1 Å². The Morgan fingerprint density at radius 3 is 3.05 bits per heavy atom. The third-order valence-electron chi connectivity index (χ3n) is 2.48. The topological polar surface area (TPSA) is 93.8 Å². The lowest BCUT2D eigenvalue weighted by Gasteiger charge is -1.98. The molecule has 0 radical (unpaired) electrons. The van der Waals surface area contributed by atoms with Crippen LogP contribution >= 0.6 is 23.1 Å². The molecule has 0 saturated carbocycles. The summed E-state index contributed by atoms with van der Waals surface area (Å²) >= 11 is 2.56. The lowest BCUT2D eigenvalue weighted by atomic mass is 10.3. The highest BCUT2D eigenvalue weighted by atomic mass is 32.2. The number of thioether (sulfide) groups is 1. The average Bonchev–Trinajstić information content (AvgIpc) is 3.15. The van der Waals surface area contributed by atoms with E-state index < -0.39 is 0 Å². The van der Waals surface area contributed by atoms with Gasteiger partial charge in [0.1, 0.15) is 5.69 Å². The minimum absolute atomic E-state index is 0.169. The highest BCUT2D eigenvalue weighted by Gasteiger charge is 2.12. The van der Waals surface area contributed by atoms with Crippen molar-refractivity contribution in [2.75, 3.05) is 11.1 Å². The van der Waals surface area contributed by atoms with Crippen molar-refractivity contribution in [2.45, 2.75) is 12.1 Å². The van der Waals surface area contributed by atoms with Crippen molar-refractivity contribution >= 4 is 34.1 Å². The Balaban J connectivity index is 1.56. The molecule has 9 heteroatoms. The third kappa shape index (κ3) is 3.68. The molecule has 0 bridgehead atoms. The fraction of sp³-hybridized carbons (Fsp3) is 0.154. The molecule has 0 atom stereocenters. The van der Waals surface area contributed by atoms with Crippen molar-refractivity contribution in [3.05, 3.63) is 35.5 Å². The van der Waals surface area contributed by atoms with Crippen LogP contribution in [-0.4, -0.2) is 31.8 Å². The van der Waals surface area contributed by atoms with E-state index in [9.17, 15) is 4.79 Å². The predicted octanol–water partition coefficient (Wildman–Crippen LogP) is 2.63. The average molecular weight is 333 g/mol. The standard InChI is InChI=1S/C13H11N5O2S2/c1-8-6-21-12(15-8)16-10(19)7-22-13-18-17-11(20-13)9-4-2-3-5-14-9/h2-6H,7H2,1H3,(H,15,16,19). The second kappa shape index (κ2) is 6.67. The number of rotatable bonds is 5. The number of nitrogens with zero attached hydrogens (tertiary/aromatic N) is 4. The maximum atomic E-state index is 11.8. The number of anilines is 1. The Kier molecular flexibility index (Phi) is 4.45. The van der Waals surface area contributed by atoms with Crippen LogP contribution in [0.1, 0.15) is 5.69 Å². The van der Waals surface area contributed by atoms with E-state index in [4.69, 9.17) is 4.42 Å². The van der Waals surface area contributed by atoms with Gasteiger partial charge in [-0.05, 0) is 19.1 Å². The first-order valence-electron chi connectivity index (χ1n) is 6.30. The molecular formula is C13H11N5O2S2. The smallest absolute Gasteiger partial charge is 0.277 e. The van der Waals surface area contributed by atoms with Crippen molar-refractivity contribution in [1.82, 2.24) is 20.2 Å². The minimum Gasteiger partial charge on any atom is -0.410 e. The fourth-order valence-corrected chi connectivity index (χ4v) is 2.82. The van der Waals surface area contributed by atoms with Crippen LogP contribution in [0.15, 0.2) is 39.4 Å². The Morgan fingerprint density at radius 2 is 2.32 bits per heavy atom. The summed E-state index contributed by atoms with van der Waals surface area (Å²) in [5, 5.41) is 13.3. The summed E-state index contributed by atoms with van der Waals surface area (Å²) in [7, 11) is 0. The van der Waals surface area contributed by atoms with E-state index in [0.29, 0.717) is 21.9 Å². The van der Waals surface area contributed by atoms with Crippen molar-refractivity contribution in [1.29, 1.82) is 0 Å². The molecule has 0 fully saturated rings. The lowest BCUT2D eigenvalue weighted by Crippen LogP contribution is -2.13. The largest absolute Gasteiger partial charge is 0.410 e. The number of thiazole rings is 1. The van der Waals surface area contributed by atoms with E-state index in [0.717, 1.165) is 5.69 Å². The molecule has 0 aliphatic carbocycles. The highest BCUT2D eigenvalue weighted by Crippen LogP contribution is 2.22. The normalized spacial score (nSPS) is 10.6. The first-order chi connectivity index (χ1) is 10.7. The summed E-state index contributed by atoms with van der Waals surface area (Å²) in [6.07, 6.45) is 1.65. The molecule has 0 unspecified atom stereocenters. The van der Waals surface area contributed by atoms with Gasteiger partial charge in [-0.3, -0.25) is 9.78 Å². The Hall–Kier alpha value is -2.26. The van der Waals surface area contributed by atoms with Crippen LogP contribution in [0, 0.1) is 6.92 Å². The molecule has 1 N–H and O–H groups in total. The summed E-state index contributed by atoms with van der Waals surface area (Å²) in [6, 6.07) is 5.42. The molecule has 0 saturated heterocycles. The zero-order chi connectivity index (χ0) is 15.4. The number of pyridine rings is 1. The second-order valence-corrected chi connectivity index (χ2v) is 6.00. The number of aryl methyl sites for hydroxylation is 1. The zero-order valence-electron chi connectivity index (χ0n) is 11.5. The number of hydrogen-bond donors (Lipinski definition) is 1. The van der Waals surface area contributed by atoms with Crippen LogP contribution in [0.25, 0.3) is 11.6 Å². The first kappa shape index (κ1) is 14.7. The minimum atomic E-state index is -0.170. The van der Waals surface area contributed by atoms with Crippen LogP contribution < -0.4 is 5.32 Å². The maximum absolute atomic E-state index is 11.8. The Morgan fingerprint density at radius 1 is 1.41 bits per heavy atom. The summed E-state index contributed by atoms with van der Waals surface area (Å²) in [5.74, 6) is 0.332. The van der Waals surface area contributed by atoms with Gasteiger partial charge in [0.15, 0.2) is 5.13 Å². The van der Waals surface area contributed by atoms with Gasteiger partial charge < -0.3 is 9.73 Å². The van der Waals surface area contributed by atoms with Crippen LogP contribution in [0.3, 0.4) is 0 Å². The van der Waals surface area contributed by atoms with E-state index >= 15 is 0 Å². The predicted molar refractivity (Wildman–Crippen MR) is 83.7 cm³/mol. The van der Waals surface area contributed by atoms with Gasteiger partial charge in [-0.25, -0.2) is 4.98 Å². The summed E-state index contributed by atoms with van der Waals surface area (Å²) in [4.78, 5) is 20.1. The molecule has 0 aliphatic rings. The van der Waals surface area contributed by atoms with Crippen molar-refractivity contribution in [3.8, 4) is 11.6 Å². The second-order valence-electron chi connectivity index (χ2n) is 4.22.